The number of halogens is 3. The molecule has 1 fully saturated rings. The molecule has 2 unspecified atom stereocenters. The van der Waals surface area contributed by atoms with Crippen LogP contribution in [0.5, 0.6) is 0 Å². The number of anilines is 1. The van der Waals surface area contributed by atoms with E-state index in [1.807, 2.05) is 7.05 Å². The first kappa shape index (κ1) is 17.7. The fourth-order valence-corrected chi connectivity index (χ4v) is 3.50. The predicted octanol–water partition coefficient (Wildman–Crippen LogP) is 3.99. The van der Waals surface area contributed by atoms with Crippen LogP contribution < -0.4 is 5.32 Å². The summed E-state index contributed by atoms with van der Waals surface area (Å²) in [4.78, 5) is 10.5. The van der Waals surface area contributed by atoms with Gasteiger partial charge < -0.3 is 5.32 Å². The van der Waals surface area contributed by atoms with Gasteiger partial charge in [-0.15, -0.1) is 0 Å². The molecular formula is C18H21F3N4. The summed E-state index contributed by atoms with van der Waals surface area (Å²) in [5.41, 5.74) is 0.310. The number of benzene rings is 1. The van der Waals surface area contributed by atoms with Gasteiger partial charge >= 0.3 is 6.18 Å². The third-order valence-corrected chi connectivity index (χ3v) is 4.70. The summed E-state index contributed by atoms with van der Waals surface area (Å²) in [5.74, 6) is 0.999. The quantitative estimate of drug-likeness (QED) is 0.905. The SMILES string of the molecule is CN1CCCC(CNc2cnccn2)C1c1ccc(C(F)(F)F)cc1. The maximum absolute atomic E-state index is 12.8. The molecule has 2 aromatic rings. The fourth-order valence-electron chi connectivity index (χ4n) is 3.50. The van der Waals surface area contributed by atoms with Crippen molar-refractivity contribution in [2.24, 2.45) is 5.92 Å². The predicted molar refractivity (Wildman–Crippen MR) is 90.1 cm³/mol. The number of rotatable bonds is 4. The Morgan fingerprint density at radius 2 is 1.96 bits per heavy atom. The number of nitrogens with one attached hydrogen (secondary N) is 1. The highest BCUT2D eigenvalue weighted by Crippen LogP contribution is 2.37. The first-order chi connectivity index (χ1) is 11.9. The van der Waals surface area contributed by atoms with Gasteiger partial charge in [0.2, 0.25) is 0 Å². The number of piperidine rings is 1. The van der Waals surface area contributed by atoms with Crippen molar-refractivity contribution in [1.82, 2.24) is 14.9 Å². The summed E-state index contributed by atoms with van der Waals surface area (Å²) < 4.78 is 38.4. The van der Waals surface area contributed by atoms with Crippen LogP contribution in [0.2, 0.25) is 0 Å². The van der Waals surface area contributed by atoms with Crippen molar-refractivity contribution >= 4 is 5.82 Å². The second-order valence-electron chi connectivity index (χ2n) is 6.42. The molecule has 1 N–H and O–H groups in total. The second kappa shape index (κ2) is 7.39. The summed E-state index contributed by atoms with van der Waals surface area (Å²) in [5, 5.41) is 3.29. The van der Waals surface area contributed by atoms with E-state index < -0.39 is 11.7 Å². The van der Waals surface area contributed by atoms with Gasteiger partial charge in [0.1, 0.15) is 5.82 Å². The summed E-state index contributed by atoms with van der Waals surface area (Å²) in [6.45, 7) is 1.64. The molecule has 0 bridgehead atoms. The van der Waals surface area contributed by atoms with Gasteiger partial charge in [-0.1, -0.05) is 12.1 Å². The Hall–Kier alpha value is -2.15. The minimum Gasteiger partial charge on any atom is -0.368 e. The van der Waals surface area contributed by atoms with E-state index in [9.17, 15) is 13.2 Å². The van der Waals surface area contributed by atoms with E-state index in [4.69, 9.17) is 0 Å². The molecular weight excluding hydrogens is 329 g/mol. The third-order valence-electron chi connectivity index (χ3n) is 4.70. The third kappa shape index (κ3) is 4.28. The minimum absolute atomic E-state index is 0.0835. The van der Waals surface area contributed by atoms with Crippen molar-refractivity contribution in [2.45, 2.75) is 25.1 Å². The van der Waals surface area contributed by atoms with Crippen LogP contribution in [-0.4, -0.2) is 35.0 Å². The van der Waals surface area contributed by atoms with E-state index in [1.54, 1.807) is 30.7 Å². The van der Waals surface area contributed by atoms with Gasteiger partial charge in [0, 0.05) is 25.0 Å². The number of likely N-dealkylation sites (tertiary alicyclic amines) is 1. The Balaban J connectivity index is 1.75. The molecule has 1 aromatic heterocycles. The topological polar surface area (TPSA) is 41.0 Å². The van der Waals surface area contributed by atoms with Crippen LogP contribution in [0.15, 0.2) is 42.9 Å². The number of hydrogen-bond donors (Lipinski definition) is 1. The first-order valence-corrected chi connectivity index (χ1v) is 8.32. The molecule has 1 aromatic carbocycles. The Bertz CT molecular complexity index is 673. The average molecular weight is 350 g/mol. The van der Waals surface area contributed by atoms with E-state index in [0.717, 1.165) is 24.9 Å². The molecule has 2 atom stereocenters. The zero-order valence-electron chi connectivity index (χ0n) is 14.0. The lowest BCUT2D eigenvalue weighted by Gasteiger charge is -2.39. The lowest BCUT2D eigenvalue weighted by atomic mass is 9.84. The van der Waals surface area contributed by atoms with Crippen molar-refractivity contribution in [3.8, 4) is 0 Å². The molecule has 1 aliphatic rings. The van der Waals surface area contributed by atoms with Crippen molar-refractivity contribution in [3.05, 3.63) is 54.0 Å². The van der Waals surface area contributed by atoms with Gasteiger partial charge in [0.25, 0.3) is 0 Å². The van der Waals surface area contributed by atoms with E-state index in [0.29, 0.717) is 12.4 Å². The van der Waals surface area contributed by atoms with Crippen molar-refractivity contribution in [3.63, 3.8) is 0 Å². The highest BCUT2D eigenvalue weighted by molar-refractivity contribution is 5.31. The van der Waals surface area contributed by atoms with Crippen LogP contribution in [0.1, 0.15) is 30.0 Å². The number of nitrogens with zero attached hydrogens (tertiary/aromatic N) is 3. The largest absolute Gasteiger partial charge is 0.416 e. The Morgan fingerprint density at radius 1 is 1.20 bits per heavy atom. The number of hydrogen-bond acceptors (Lipinski definition) is 4. The van der Waals surface area contributed by atoms with Gasteiger partial charge in [-0.2, -0.15) is 13.2 Å². The molecule has 2 heterocycles. The molecule has 0 aliphatic carbocycles. The van der Waals surface area contributed by atoms with E-state index >= 15 is 0 Å². The number of aromatic nitrogens is 2. The van der Waals surface area contributed by atoms with Crippen molar-refractivity contribution in [2.75, 3.05) is 25.5 Å². The lowest BCUT2D eigenvalue weighted by Crippen LogP contribution is -2.39. The molecule has 0 spiro atoms. The standard InChI is InChI=1S/C18H21F3N4/c1-25-10-2-3-14(11-24-16-12-22-8-9-23-16)17(25)13-4-6-15(7-5-13)18(19,20)21/h4-9,12,14,17H,2-3,10-11H2,1H3,(H,23,24). The molecule has 0 saturated carbocycles. The highest BCUT2D eigenvalue weighted by Gasteiger charge is 2.33. The highest BCUT2D eigenvalue weighted by atomic mass is 19.4. The maximum Gasteiger partial charge on any atom is 0.416 e. The van der Waals surface area contributed by atoms with Crippen molar-refractivity contribution in [1.29, 1.82) is 0 Å². The first-order valence-electron chi connectivity index (χ1n) is 8.32. The zero-order chi connectivity index (χ0) is 17.9. The number of alkyl halides is 3. The van der Waals surface area contributed by atoms with Crippen LogP contribution in [0.3, 0.4) is 0 Å². The normalized spacial score (nSPS) is 21.9. The summed E-state index contributed by atoms with van der Waals surface area (Å²) in [7, 11) is 2.02. The molecule has 134 valence electrons. The van der Waals surface area contributed by atoms with Gasteiger partial charge in [0.05, 0.1) is 11.8 Å². The Labute approximate surface area is 145 Å². The molecule has 1 aliphatic heterocycles. The van der Waals surface area contributed by atoms with Crippen LogP contribution in [0, 0.1) is 5.92 Å². The average Bonchev–Trinajstić information content (AvgIpc) is 2.60. The zero-order valence-corrected chi connectivity index (χ0v) is 14.0. The second-order valence-corrected chi connectivity index (χ2v) is 6.42. The summed E-state index contributed by atoms with van der Waals surface area (Å²) in [6.07, 6.45) is 2.70. The summed E-state index contributed by atoms with van der Waals surface area (Å²) in [6, 6.07) is 5.63. The fraction of sp³-hybridized carbons (Fsp3) is 0.444. The Morgan fingerprint density at radius 3 is 2.60 bits per heavy atom. The Kier molecular flexibility index (Phi) is 5.22. The molecule has 4 nitrogen and oxygen atoms in total. The van der Waals surface area contributed by atoms with Crippen molar-refractivity contribution < 1.29 is 13.2 Å². The molecule has 7 heteroatoms. The van der Waals surface area contributed by atoms with E-state index in [2.05, 4.69) is 20.2 Å². The molecule has 0 amide bonds. The minimum atomic E-state index is -4.30. The monoisotopic (exact) mass is 350 g/mol. The van der Waals surface area contributed by atoms with Gasteiger partial charge in [-0.25, -0.2) is 4.98 Å². The van der Waals surface area contributed by atoms with Crippen LogP contribution in [-0.2, 0) is 6.18 Å². The van der Waals surface area contributed by atoms with Crippen LogP contribution in [0.25, 0.3) is 0 Å². The maximum atomic E-state index is 12.8. The molecule has 25 heavy (non-hydrogen) atoms. The van der Waals surface area contributed by atoms with Gasteiger partial charge in [0.15, 0.2) is 0 Å². The smallest absolute Gasteiger partial charge is 0.368 e. The van der Waals surface area contributed by atoms with Gasteiger partial charge in [-0.05, 0) is 50.0 Å². The lowest BCUT2D eigenvalue weighted by molar-refractivity contribution is -0.137. The van der Waals surface area contributed by atoms with Gasteiger partial charge in [-0.3, -0.25) is 9.88 Å². The van der Waals surface area contributed by atoms with Crippen LogP contribution in [0.4, 0.5) is 19.0 Å². The van der Waals surface area contributed by atoms with E-state index in [1.165, 1.54) is 12.1 Å². The van der Waals surface area contributed by atoms with E-state index in [-0.39, 0.29) is 12.0 Å². The molecule has 1 saturated heterocycles. The molecule has 3 rings (SSSR count). The van der Waals surface area contributed by atoms with Crippen LogP contribution >= 0.6 is 0 Å². The molecule has 0 radical (unpaired) electrons. The summed E-state index contributed by atoms with van der Waals surface area (Å²) >= 11 is 0.